The fourth-order valence-electron chi connectivity index (χ4n) is 3.26. The molecule has 0 bridgehead atoms. The van der Waals surface area contributed by atoms with Gasteiger partial charge in [-0.05, 0) is 41.7 Å². The van der Waals surface area contributed by atoms with Gasteiger partial charge in [-0.2, -0.15) is 0 Å². The highest BCUT2D eigenvalue weighted by atomic mass is 32.2. The molecule has 5 nitrogen and oxygen atoms in total. The fourth-order valence-corrected chi connectivity index (χ4v) is 4.15. The molecule has 0 aliphatic rings. The summed E-state index contributed by atoms with van der Waals surface area (Å²) in [7, 11) is 1.59. The van der Waals surface area contributed by atoms with E-state index in [0.29, 0.717) is 42.5 Å². The molecule has 0 spiro atoms. The van der Waals surface area contributed by atoms with Crippen molar-refractivity contribution >= 4 is 23.6 Å². The zero-order chi connectivity index (χ0) is 23.5. The first-order valence-electron chi connectivity index (χ1n) is 10.9. The van der Waals surface area contributed by atoms with E-state index in [1.54, 1.807) is 30.2 Å². The van der Waals surface area contributed by atoms with E-state index in [2.05, 4.69) is 5.32 Å². The maximum absolute atomic E-state index is 13.9. The topological polar surface area (TPSA) is 58.6 Å². The van der Waals surface area contributed by atoms with Crippen LogP contribution in [0, 0.1) is 11.7 Å². The molecule has 7 heteroatoms. The van der Waals surface area contributed by atoms with Gasteiger partial charge in [0.25, 0.3) is 0 Å². The van der Waals surface area contributed by atoms with Gasteiger partial charge in [-0.1, -0.05) is 51.1 Å². The molecule has 0 unspecified atom stereocenters. The Balaban J connectivity index is 2.16. The van der Waals surface area contributed by atoms with Crippen molar-refractivity contribution in [1.82, 2.24) is 10.2 Å². The van der Waals surface area contributed by atoms with E-state index in [9.17, 15) is 14.0 Å². The second kappa shape index (κ2) is 13.1. The molecule has 0 heterocycles. The van der Waals surface area contributed by atoms with Crippen LogP contribution in [0.15, 0.2) is 48.5 Å². The number of rotatable bonds is 12. The van der Waals surface area contributed by atoms with Gasteiger partial charge in [0, 0.05) is 18.8 Å². The molecule has 2 rings (SSSR count). The Kier molecular flexibility index (Phi) is 10.5. The van der Waals surface area contributed by atoms with Gasteiger partial charge in [0.2, 0.25) is 11.8 Å². The van der Waals surface area contributed by atoms with Gasteiger partial charge in [-0.25, -0.2) is 4.39 Å². The van der Waals surface area contributed by atoms with Crippen molar-refractivity contribution in [2.24, 2.45) is 5.92 Å². The molecule has 0 aliphatic heterocycles. The number of ether oxygens (including phenoxy) is 1. The van der Waals surface area contributed by atoms with E-state index in [4.69, 9.17) is 4.74 Å². The highest BCUT2D eigenvalue weighted by Crippen LogP contribution is 2.20. The van der Waals surface area contributed by atoms with E-state index in [1.165, 1.54) is 17.8 Å². The summed E-state index contributed by atoms with van der Waals surface area (Å²) in [4.78, 5) is 27.7. The standard InChI is InChI=1S/C25H33FN2O3S/c1-5-23(25(30)27-14-18(2)3)28(15-19-9-8-11-21(13-19)31-4)24(29)17-32-16-20-10-6-7-12-22(20)26/h6-13,18,23H,5,14-17H2,1-4H3,(H,27,30)/t23-/m1/s1. The molecule has 0 radical (unpaired) electrons. The van der Waals surface area contributed by atoms with Gasteiger partial charge in [-0.15, -0.1) is 11.8 Å². The summed E-state index contributed by atoms with van der Waals surface area (Å²) in [5, 5.41) is 2.95. The third-order valence-electron chi connectivity index (χ3n) is 5.00. The van der Waals surface area contributed by atoms with Crippen molar-refractivity contribution in [3.63, 3.8) is 0 Å². The largest absolute Gasteiger partial charge is 0.497 e. The van der Waals surface area contributed by atoms with E-state index in [1.807, 2.05) is 45.0 Å². The molecule has 2 aromatic carbocycles. The van der Waals surface area contributed by atoms with Gasteiger partial charge in [0.15, 0.2) is 0 Å². The van der Waals surface area contributed by atoms with E-state index in [0.717, 1.165) is 5.56 Å². The lowest BCUT2D eigenvalue weighted by molar-refractivity contribution is -0.139. The van der Waals surface area contributed by atoms with Crippen LogP contribution in [0.25, 0.3) is 0 Å². The van der Waals surface area contributed by atoms with Crippen molar-refractivity contribution in [3.05, 3.63) is 65.5 Å². The number of benzene rings is 2. The summed E-state index contributed by atoms with van der Waals surface area (Å²) >= 11 is 1.35. The molecule has 32 heavy (non-hydrogen) atoms. The number of amides is 2. The predicted octanol–water partition coefficient (Wildman–Crippen LogP) is 4.65. The third-order valence-corrected chi connectivity index (χ3v) is 5.96. The molecule has 1 N–H and O–H groups in total. The quantitative estimate of drug-likeness (QED) is 0.501. The van der Waals surface area contributed by atoms with Crippen molar-refractivity contribution in [2.45, 2.75) is 45.5 Å². The molecular weight excluding hydrogens is 427 g/mol. The average Bonchev–Trinajstić information content (AvgIpc) is 2.78. The van der Waals surface area contributed by atoms with Gasteiger partial charge in [-0.3, -0.25) is 9.59 Å². The zero-order valence-corrected chi connectivity index (χ0v) is 20.1. The maximum atomic E-state index is 13.9. The minimum atomic E-state index is -0.582. The fraction of sp³-hybridized carbons (Fsp3) is 0.440. The Morgan fingerprint density at radius 1 is 1.16 bits per heavy atom. The van der Waals surface area contributed by atoms with Crippen molar-refractivity contribution < 1.29 is 18.7 Å². The minimum absolute atomic E-state index is 0.152. The number of hydrogen-bond donors (Lipinski definition) is 1. The zero-order valence-electron chi connectivity index (χ0n) is 19.3. The number of nitrogens with one attached hydrogen (secondary N) is 1. The lowest BCUT2D eigenvalue weighted by Gasteiger charge is -2.31. The molecule has 0 saturated carbocycles. The van der Waals surface area contributed by atoms with Gasteiger partial charge < -0.3 is 15.0 Å². The minimum Gasteiger partial charge on any atom is -0.497 e. The lowest BCUT2D eigenvalue weighted by atomic mass is 10.1. The Morgan fingerprint density at radius 3 is 2.56 bits per heavy atom. The molecule has 0 aliphatic carbocycles. The van der Waals surface area contributed by atoms with E-state index >= 15 is 0 Å². The second-order valence-corrected chi connectivity index (χ2v) is 9.01. The molecule has 2 amide bonds. The molecule has 174 valence electrons. The van der Waals surface area contributed by atoms with Crippen LogP contribution in [0.4, 0.5) is 4.39 Å². The highest BCUT2D eigenvalue weighted by molar-refractivity contribution is 7.99. The summed E-state index contributed by atoms with van der Waals surface area (Å²) in [6.07, 6.45) is 0.498. The second-order valence-electron chi connectivity index (χ2n) is 8.02. The third kappa shape index (κ3) is 7.86. The molecular formula is C25H33FN2O3S. The molecule has 2 aromatic rings. The van der Waals surface area contributed by atoms with Gasteiger partial charge in [0.05, 0.1) is 12.9 Å². The number of halogens is 1. The Hall–Kier alpha value is -2.54. The Bertz CT molecular complexity index is 891. The number of carbonyl (C=O) groups excluding carboxylic acids is 2. The van der Waals surface area contributed by atoms with Crippen LogP contribution >= 0.6 is 11.8 Å². The summed E-state index contributed by atoms with van der Waals surface area (Å²) in [6, 6.07) is 13.5. The number of hydrogen-bond acceptors (Lipinski definition) is 4. The van der Waals surface area contributed by atoms with Crippen molar-refractivity contribution in [3.8, 4) is 5.75 Å². The maximum Gasteiger partial charge on any atom is 0.242 e. The molecule has 0 saturated heterocycles. The number of carbonyl (C=O) groups is 2. The normalized spacial score (nSPS) is 11.8. The van der Waals surface area contributed by atoms with Crippen LogP contribution in [-0.4, -0.2) is 42.2 Å². The number of thioether (sulfide) groups is 1. The van der Waals surface area contributed by atoms with Crippen LogP contribution in [-0.2, 0) is 21.9 Å². The smallest absolute Gasteiger partial charge is 0.242 e. The van der Waals surface area contributed by atoms with Crippen LogP contribution < -0.4 is 10.1 Å². The Morgan fingerprint density at radius 2 is 1.91 bits per heavy atom. The van der Waals surface area contributed by atoms with Crippen LogP contribution in [0.5, 0.6) is 5.75 Å². The van der Waals surface area contributed by atoms with Crippen molar-refractivity contribution in [2.75, 3.05) is 19.4 Å². The summed E-state index contributed by atoms with van der Waals surface area (Å²) < 4.78 is 19.2. The monoisotopic (exact) mass is 460 g/mol. The lowest BCUT2D eigenvalue weighted by Crippen LogP contribution is -2.50. The first-order valence-corrected chi connectivity index (χ1v) is 12.0. The van der Waals surface area contributed by atoms with Crippen molar-refractivity contribution in [1.29, 1.82) is 0 Å². The van der Waals surface area contributed by atoms with Gasteiger partial charge in [0.1, 0.15) is 17.6 Å². The summed E-state index contributed by atoms with van der Waals surface area (Å²) in [5.41, 5.74) is 1.44. The first-order chi connectivity index (χ1) is 15.3. The predicted molar refractivity (Wildman–Crippen MR) is 128 cm³/mol. The average molecular weight is 461 g/mol. The van der Waals surface area contributed by atoms with Crippen LogP contribution in [0.3, 0.4) is 0 Å². The van der Waals surface area contributed by atoms with Crippen LogP contribution in [0.2, 0.25) is 0 Å². The summed E-state index contributed by atoms with van der Waals surface area (Å²) in [5.74, 6) is 0.975. The number of methoxy groups -OCH3 is 1. The molecule has 0 fully saturated rings. The van der Waals surface area contributed by atoms with E-state index < -0.39 is 6.04 Å². The van der Waals surface area contributed by atoms with Gasteiger partial charge >= 0.3 is 0 Å². The first kappa shape index (κ1) is 25.7. The molecule has 1 atom stereocenters. The van der Waals surface area contributed by atoms with Crippen LogP contribution in [0.1, 0.15) is 38.3 Å². The molecule has 0 aromatic heterocycles. The Labute approximate surface area is 194 Å². The van der Waals surface area contributed by atoms with E-state index in [-0.39, 0.29) is 23.4 Å². The number of nitrogens with zero attached hydrogens (tertiary/aromatic N) is 1. The highest BCUT2D eigenvalue weighted by Gasteiger charge is 2.28. The SMILES string of the molecule is CC[C@H](C(=O)NCC(C)C)N(Cc1cccc(OC)c1)C(=O)CSCc1ccccc1F. The summed E-state index contributed by atoms with van der Waals surface area (Å²) in [6.45, 7) is 6.81.